The molecule has 0 spiro atoms. The highest BCUT2D eigenvalue weighted by Crippen LogP contribution is 2.43. The van der Waals surface area contributed by atoms with E-state index in [9.17, 15) is 4.79 Å². The van der Waals surface area contributed by atoms with Gasteiger partial charge in [-0.1, -0.05) is 78.9 Å². The van der Waals surface area contributed by atoms with Crippen molar-refractivity contribution >= 4 is 44.5 Å². The molecule has 0 aliphatic carbocycles. The van der Waals surface area contributed by atoms with E-state index >= 15 is 0 Å². The van der Waals surface area contributed by atoms with E-state index in [0.29, 0.717) is 15.4 Å². The van der Waals surface area contributed by atoms with Gasteiger partial charge in [-0.2, -0.15) is 0 Å². The van der Waals surface area contributed by atoms with E-state index in [4.69, 9.17) is 15.5 Å². The van der Waals surface area contributed by atoms with Gasteiger partial charge < -0.3 is 10.5 Å². The highest BCUT2D eigenvalue weighted by atomic mass is 32.1. The van der Waals surface area contributed by atoms with Gasteiger partial charge in [0.2, 0.25) is 0 Å². The molecule has 4 aromatic carbocycles. The molecular formula is C33H25N3O2S. The summed E-state index contributed by atoms with van der Waals surface area (Å²) in [6.45, 7) is 0. The van der Waals surface area contributed by atoms with Crippen LogP contribution < -0.4 is 15.4 Å². The topological polar surface area (TPSA) is 68.5 Å². The fourth-order valence-corrected chi connectivity index (χ4v) is 5.72. The number of ether oxygens (including phenoxy) is 1. The van der Waals surface area contributed by atoms with E-state index in [2.05, 4.69) is 0 Å². The summed E-state index contributed by atoms with van der Waals surface area (Å²) in [5.74, 6) is 0.567. The predicted molar refractivity (Wildman–Crippen MR) is 161 cm³/mol. The number of benzene rings is 4. The number of thiophene rings is 1. The third kappa shape index (κ3) is 4.62. The van der Waals surface area contributed by atoms with Crippen molar-refractivity contribution in [2.45, 2.75) is 0 Å². The zero-order chi connectivity index (χ0) is 26.8. The van der Waals surface area contributed by atoms with Crippen LogP contribution in [-0.2, 0) is 0 Å². The first-order valence-electron chi connectivity index (χ1n) is 12.5. The lowest BCUT2D eigenvalue weighted by molar-refractivity contribution is 0.100. The number of aromatic nitrogens is 1. The molecule has 0 bridgehead atoms. The van der Waals surface area contributed by atoms with Gasteiger partial charge in [0.25, 0.3) is 5.91 Å². The molecule has 6 rings (SSSR count). The monoisotopic (exact) mass is 527 g/mol. The van der Waals surface area contributed by atoms with Gasteiger partial charge in [-0.3, -0.25) is 9.69 Å². The van der Waals surface area contributed by atoms with Crippen LogP contribution in [0.2, 0.25) is 0 Å². The molecule has 6 aromatic rings. The Morgan fingerprint density at radius 3 is 1.90 bits per heavy atom. The lowest BCUT2D eigenvalue weighted by Crippen LogP contribution is -2.25. The molecule has 6 heteroatoms. The van der Waals surface area contributed by atoms with Crippen molar-refractivity contribution in [2.75, 3.05) is 17.7 Å². The van der Waals surface area contributed by atoms with Crippen LogP contribution in [0.3, 0.4) is 0 Å². The van der Waals surface area contributed by atoms with Crippen molar-refractivity contribution in [1.82, 2.24) is 4.98 Å². The maximum absolute atomic E-state index is 14.2. The minimum Gasteiger partial charge on any atom is -0.497 e. The summed E-state index contributed by atoms with van der Waals surface area (Å²) in [7, 11) is 1.65. The third-order valence-electron chi connectivity index (χ3n) is 6.60. The first-order valence-corrected chi connectivity index (χ1v) is 13.3. The summed E-state index contributed by atoms with van der Waals surface area (Å²) < 4.78 is 5.37. The van der Waals surface area contributed by atoms with Gasteiger partial charge >= 0.3 is 0 Å². The molecule has 39 heavy (non-hydrogen) atoms. The highest BCUT2D eigenvalue weighted by molar-refractivity contribution is 7.21. The fraction of sp³-hybridized carbons (Fsp3) is 0.0303. The van der Waals surface area contributed by atoms with E-state index in [1.54, 1.807) is 12.0 Å². The first-order chi connectivity index (χ1) is 19.1. The van der Waals surface area contributed by atoms with Crippen molar-refractivity contribution in [3.05, 3.63) is 126 Å². The summed E-state index contributed by atoms with van der Waals surface area (Å²) in [6, 6.07) is 39.1. The van der Waals surface area contributed by atoms with Crippen LogP contribution in [0.25, 0.3) is 32.6 Å². The quantitative estimate of drug-likeness (QED) is 0.237. The van der Waals surface area contributed by atoms with Crippen molar-refractivity contribution in [1.29, 1.82) is 0 Å². The molecule has 0 aliphatic heterocycles. The largest absolute Gasteiger partial charge is 0.497 e. The zero-order valence-electron chi connectivity index (χ0n) is 21.2. The molecule has 0 atom stereocenters. The van der Waals surface area contributed by atoms with Gasteiger partial charge in [-0.25, -0.2) is 4.98 Å². The standard InChI is InChI=1S/C33H25N3O2S/c1-38-26-19-17-22(18-20-26)27-21-28(23-11-5-2-6-12-23)35-32-29(27)30(34)31(39-32)33(37)36(24-13-7-3-8-14-24)25-15-9-4-10-16-25/h2-21H,34H2,1H3. The Balaban J connectivity index is 1.56. The molecule has 5 nitrogen and oxygen atoms in total. The van der Waals surface area contributed by atoms with Crippen molar-refractivity contribution in [3.8, 4) is 28.1 Å². The summed E-state index contributed by atoms with van der Waals surface area (Å²) >= 11 is 1.32. The molecule has 190 valence electrons. The normalized spacial score (nSPS) is 10.9. The fourth-order valence-electron chi connectivity index (χ4n) is 4.67. The van der Waals surface area contributed by atoms with Crippen LogP contribution in [0.4, 0.5) is 17.1 Å². The maximum atomic E-state index is 14.2. The predicted octanol–water partition coefficient (Wildman–Crippen LogP) is 8.20. The summed E-state index contributed by atoms with van der Waals surface area (Å²) in [5, 5.41) is 0.772. The number of para-hydroxylation sites is 2. The average molecular weight is 528 g/mol. The van der Waals surface area contributed by atoms with E-state index in [0.717, 1.165) is 44.9 Å². The number of carbonyl (C=O) groups excluding carboxylic acids is 1. The Morgan fingerprint density at radius 2 is 1.33 bits per heavy atom. The van der Waals surface area contributed by atoms with E-state index in [1.165, 1.54) is 11.3 Å². The number of anilines is 3. The number of hydrogen-bond acceptors (Lipinski definition) is 5. The third-order valence-corrected chi connectivity index (χ3v) is 7.68. The van der Waals surface area contributed by atoms with Gasteiger partial charge in [-0.15, -0.1) is 11.3 Å². The second-order valence-corrected chi connectivity index (χ2v) is 9.99. The Kier molecular flexibility index (Phi) is 6.53. The number of hydrogen-bond donors (Lipinski definition) is 1. The molecule has 0 radical (unpaired) electrons. The van der Waals surface area contributed by atoms with Crippen molar-refractivity contribution < 1.29 is 9.53 Å². The van der Waals surface area contributed by atoms with Gasteiger partial charge in [0, 0.05) is 22.3 Å². The molecule has 2 N–H and O–H groups in total. The lowest BCUT2D eigenvalue weighted by atomic mass is 9.99. The Labute approximate surface area is 230 Å². The van der Waals surface area contributed by atoms with Crippen LogP contribution in [0.15, 0.2) is 121 Å². The number of nitrogen functional groups attached to an aromatic ring is 1. The SMILES string of the molecule is COc1ccc(-c2cc(-c3ccccc3)nc3sc(C(=O)N(c4ccccc4)c4ccccc4)c(N)c23)cc1. The second-order valence-electron chi connectivity index (χ2n) is 8.99. The number of nitrogens with zero attached hydrogens (tertiary/aromatic N) is 2. The molecule has 0 aliphatic rings. The summed E-state index contributed by atoms with van der Waals surface area (Å²) in [4.78, 5) is 22.1. The average Bonchev–Trinajstić information content (AvgIpc) is 3.34. The number of amides is 1. The van der Waals surface area contributed by atoms with E-state index < -0.39 is 0 Å². The van der Waals surface area contributed by atoms with Gasteiger partial charge in [-0.05, 0) is 53.6 Å². The highest BCUT2D eigenvalue weighted by Gasteiger charge is 2.27. The number of methoxy groups -OCH3 is 1. The molecule has 1 amide bonds. The number of nitrogens with two attached hydrogens (primary N) is 1. The number of pyridine rings is 1. The molecule has 2 heterocycles. The molecule has 0 saturated carbocycles. The first kappa shape index (κ1) is 24.4. The van der Waals surface area contributed by atoms with Crippen LogP contribution in [0.5, 0.6) is 5.75 Å². The lowest BCUT2D eigenvalue weighted by Gasteiger charge is -2.22. The minimum absolute atomic E-state index is 0.199. The second kappa shape index (κ2) is 10.4. The molecule has 0 fully saturated rings. The summed E-state index contributed by atoms with van der Waals surface area (Å²) in [5.41, 5.74) is 12.5. The molecule has 0 unspecified atom stereocenters. The van der Waals surface area contributed by atoms with Gasteiger partial charge in [0.1, 0.15) is 15.5 Å². The zero-order valence-corrected chi connectivity index (χ0v) is 22.1. The van der Waals surface area contributed by atoms with Crippen LogP contribution in [0, 0.1) is 0 Å². The number of carbonyl (C=O) groups is 1. The summed E-state index contributed by atoms with van der Waals surface area (Å²) in [6.07, 6.45) is 0. The van der Waals surface area contributed by atoms with E-state index in [-0.39, 0.29) is 5.91 Å². The number of fused-ring (bicyclic) bond motifs is 1. The minimum atomic E-state index is -0.199. The molecular weight excluding hydrogens is 502 g/mol. The molecule has 2 aromatic heterocycles. The Bertz CT molecular complexity index is 1710. The van der Waals surface area contributed by atoms with Crippen LogP contribution in [-0.4, -0.2) is 18.0 Å². The van der Waals surface area contributed by atoms with Gasteiger partial charge in [0.15, 0.2) is 0 Å². The van der Waals surface area contributed by atoms with Crippen LogP contribution >= 0.6 is 11.3 Å². The van der Waals surface area contributed by atoms with E-state index in [1.807, 2.05) is 121 Å². The number of rotatable bonds is 6. The Morgan fingerprint density at radius 1 is 0.769 bits per heavy atom. The van der Waals surface area contributed by atoms with Gasteiger partial charge in [0.05, 0.1) is 18.5 Å². The van der Waals surface area contributed by atoms with Crippen LogP contribution in [0.1, 0.15) is 9.67 Å². The van der Waals surface area contributed by atoms with Crippen molar-refractivity contribution in [3.63, 3.8) is 0 Å². The molecule has 0 saturated heterocycles. The maximum Gasteiger partial charge on any atom is 0.275 e. The smallest absolute Gasteiger partial charge is 0.275 e. The van der Waals surface area contributed by atoms with Crippen molar-refractivity contribution in [2.24, 2.45) is 0 Å². The Hall–Kier alpha value is -4.94.